The minimum atomic E-state index is -7.98. The summed E-state index contributed by atoms with van der Waals surface area (Å²) in [6.45, 7) is 0. The molecule has 0 saturated carbocycles. The van der Waals surface area contributed by atoms with Gasteiger partial charge in [-0.15, -0.1) is 0 Å². The Bertz CT molecular complexity index is 1160. The molecule has 3 atom stereocenters. The van der Waals surface area contributed by atoms with Crippen molar-refractivity contribution in [2.45, 2.75) is 71.1 Å². The number of nitrogens with zero attached hydrogens (tertiary/aromatic N) is 1. The van der Waals surface area contributed by atoms with Crippen LogP contribution in [-0.4, -0.2) is 50.5 Å². The second-order valence-electron chi connectivity index (χ2n) is 9.35. The number of benzene rings is 2. The zero-order valence-electron chi connectivity index (χ0n) is 20.3. The molecule has 1 aliphatic rings. The lowest BCUT2D eigenvalue weighted by molar-refractivity contribution is -0.440. The molecule has 2 nitrogen and oxygen atoms in total. The van der Waals surface area contributed by atoms with Gasteiger partial charge in [-0.25, -0.2) is 0 Å². The molecule has 3 rings (SSSR count). The van der Waals surface area contributed by atoms with Gasteiger partial charge >= 0.3 is 35.8 Å². The van der Waals surface area contributed by atoms with Gasteiger partial charge in [-0.05, 0) is 24.0 Å². The normalized spacial score (nSPS) is 20.3. The molecule has 0 aliphatic carbocycles. The maximum absolute atomic E-state index is 14.6. The van der Waals surface area contributed by atoms with Crippen molar-refractivity contribution < 1.29 is 61.9 Å². The standard InChI is InChI=1S/C25H19F13INO/c26-20(27,21(28,29)22(30,31)23(32,33)24(34,35)25(36,37)38)13-16(39)19(41)40-17(14-7-3-1-4-8-14)11-12-18(40)15-9-5-2-6-10-15/h1-10,16-18H,11-13H2/t16-,17-,18-/m0/s1. The Morgan fingerprint density at radius 2 is 1.02 bits per heavy atom. The van der Waals surface area contributed by atoms with Crippen LogP contribution in [0.2, 0.25) is 0 Å². The topological polar surface area (TPSA) is 20.3 Å². The smallest absolute Gasteiger partial charge is 0.328 e. The monoisotopic (exact) mass is 723 g/mol. The number of rotatable bonds is 9. The summed E-state index contributed by atoms with van der Waals surface area (Å²) >= 11 is 0.894. The molecule has 0 unspecified atom stereocenters. The molecular weight excluding hydrogens is 704 g/mol. The van der Waals surface area contributed by atoms with Gasteiger partial charge in [0.2, 0.25) is 5.91 Å². The lowest BCUT2D eigenvalue weighted by atomic mass is 9.91. The fraction of sp³-hybridized carbons (Fsp3) is 0.480. The van der Waals surface area contributed by atoms with E-state index in [1.54, 1.807) is 60.7 Å². The van der Waals surface area contributed by atoms with Crippen LogP contribution in [0.25, 0.3) is 0 Å². The zero-order valence-corrected chi connectivity index (χ0v) is 22.4. The maximum Gasteiger partial charge on any atom is 0.460 e. The van der Waals surface area contributed by atoms with Crippen LogP contribution >= 0.6 is 22.6 Å². The minimum Gasteiger partial charge on any atom is -0.328 e. The Labute approximate surface area is 238 Å². The predicted octanol–water partition coefficient (Wildman–Crippen LogP) is 9.02. The highest BCUT2D eigenvalue weighted by Crippen LogP contribution is 2.61. The zero-order chi connectivity index (χ0) is 31.2. The number of likely N-dealkylation sites (tertiary alicyclic amines) is 1. The first-order valence-corrected chi connectivity index (χ1v) is 12.9. The fourth-order valence-corrected chi connectivity index (χ4v) is 5.40. The summed E-state index contributed by atoms with van der Waals surface area (Å²) in [6.07, 6.45) is -9.56. The highest BCUT2D eigenvalue weighted by Gasteiger charge is 2.90. The van der Waals surface area contributed by atoms with E-state index in [-0.39, 0.29) is 12.8 Å². The number of hydrogen-bond donors (Lipinski definition) is 0. The van der Waals surface area contributed by atoms with E-state index in [0.717, 1.165) is 27.5 Å². The van der Waals surface area contributed by atoms with E-state index in [2.05, 4.69) is 0 Å². The van der Waals surface area contributed by atoms with Crippen LogP contribution in [0.3, 0.4) is 0 Å². The molecule has 0 N–H and O–H groups in total. The van der Waals surface area contributed by atoms with Crippen LogP contribution < -0.4 is 0 Å². The molecule has 0 bridgehead atoms. The summed E-state index contributed by atoms with van der Waals surface area (Å²) in [4.78, 5) is 14.4. The van der Waals surface area contributed by atoms with Crippen molar-refractivity contribution in [1.29, 1.82) is 0 Å². The average Bonchev–Trinajstić information content (AvgIpc) is 3.33. The largest absolute Gasteiger partial charge is 0.460 e. The SMILES string of the molecule is O=C([C@@H](I)CC(F)(F)C(F)(F)C(F)(F)C(F)(F)C(F)(F)C(F)(F)F)N1[C@H](c2ccccc2)CC[C@H]1c1ccccc1. The molecule has 0 radical (unpaired) electrons. The lowest BCUT2D eigenvalue weighted by Crippen LogP contribution is -2.70. The van der Waals surface area contributed by atoms with Crippen LogP contribution in [0.4, 0.5) is 57.1 Å². The van der Waals surface area contributed by atoms with Gasteiger partial charge in [0, 0.05) is 6.42 Å². The van der Waals surface area contributed by atoms with E-state index in [0.29, 0.717) is 11.1 Å². The van der Waals surface area contributed by atoms with Gasteiger partial charge in [-0.2, -0.15) is 57.1 Å². The first-order chi connectivity index (χ1) is 18.6. The van der Waals surface area contributed by atoms with Crippen molar-refractivity contribution >= 4 is 28.5 Å². The molecule has 1 amide bonds. The molecule has 0 aromatic heterocycles. The Hall–Kier alpha value is -2.27. The number of amides is 1. The lowest BCUT2D eigenvalue weighted by Gasteiger charge is -2.40. The molecule has 41 heavy (non-hydrogen) atoms. The van der Waals surface area contributed by atoms with Crippen LogP contribution in [-0.2, 0) is 4.79 Å². The highest BCUT2D eigenvalue weighted by molar-refractivity contribution is 14.1. The molecule has 1 fully saturated rings. The number of carbonyl (C=O) groups is 1. The number of alkyl halides is 14. The van der Waals surface area contributed by atoms with Gasteiger partial charge in [-0.1, -0.05) is 83.3 Å². The molecule has 0 spiro atoms. The average molecular weight is 723 g/mol. The molecule has 1 heterocycles. The summed E-state index contributed by atoms with van der Waals surface area (Å²) in [7, 11) is 0. The van der Waals surface area contributed by atoms with Crippen molar-refractivity contribution in [1.82, 2.24) is 4.90 Å². The van der Waals surface area contributed by atoms with Gasteiger partial charge in [0.1, 0.15) is 0 Å². The van der Waals surface area contributed by atoms with Gasteiger partial charge < -0.3 is 4.90 Å². The summed E-state index contributed by atoms with van der Waals surface area (Å²) in [5, 5.41) is 0. The van der Waals surface area contributed by atoms with E-state index in [1.165, 1.54) is 0 Å². The summed E-state index contributed by atoms with van der Waals surface area (Å²) in [6, 6.07) is 14.3. The van der Waals surface area contributed by atoms with Crippen LogP contribution in [0.15, 0.2) is 60.7 Å². The molecule has 16 heteroatoms. The molecular formula is C25H19F13INO. The minimum absolute atomic E-state index is 0.252. The van der Waals surface area contributed by atoms with Crippen LogP contribution in [0, 0.1) is 0 Å². The summed E-state index contributed by atoms with van der Waals surface area (Å²) in [5.74, 6) is -38.8. The molecule has 1 saturated heterocycles. The third kappa shape index (κ3) is 5.60. The maximum atomic E-state index is 14.6. The summed E-state index contributed by atoms with van der Waals surface area (Å²) in [5.41, 5.74) is 1.00. The molecule has 2 aromatic rings. The highest BCUT2D eigenvalue weighted by atomic mass is 127. The second-order valence-corrected chi connectivity index (χ2v) is 10.9. The van der Waals surface area contributed by atoms with Crippen molar-refractivity contribution in [3.63, 3.8) is 0 Å². The first kappa shape index (κ1) is 33.2. The van der Waals surface area contributed by atoms with Gasteiger partial charge in [-0.3, -0.25) is 4.79 Å². The van der Waals surface area contributed by atoms with Crippen LogP contribution in [0.5, 0.6) is 0 Å². The second kappa shape index (κ2) is 11.1. The van der Waals surface area contributed by atoms with Gasteiger partial charge in [0.05, 0.1) is 16.0 Å². The summed E-state index contributed by atoms with van der Waals surface area (Å²) < 4.78 is 174. The third-order valence-corrected chi connectivity index (χ3v) is 7.68. The Balaban J connectivity index is 1.95. The fourth-order valence-electron chi connectivity index (χ4n) is 4.53. The van der Waals surface area contributed by atoms with Crippen molar-refractivity contribution in [3.05, 3.63) is 71.8 Å². The third-order valence-electron chi connectivity index (χ3n) is 6.71. The van der Waals surface area contributed by atoms with E-state index < -0.39 is 64.1 Å². The molecule has 2 aromatic carbocycles. The van der Waals surface area contributed by atoms with Crippen molar-refractivity contribution in [3.8, 4) is 0 Å². The number of hydrogen-bond acceptors (Lipinski definition) is 1. The van der Waals surface area contributed by atoms with Crippen molar-refractivity contribution in [2.24, 2.45) is 0 Å². The van der Waals surface area contributed by atoms with Crippen LogP contribution in [0.1, 0.15) is 42.5 Å². The Morgan fingerprint density at radius 1 is 0.659 bits per heavy atom. The first-order valence-electron chi connectivity index (χ1n) is 11.6. The quantitative estimate of drug-likeness (QED) is 0.144. The van der Waals surface area contributed by atoms with Crippen molar-refractivity contribution in [2.75, 3.05) is 0 Å². The Morgan fingerprint density at radius 3 is 1.39 bits per heavy atom. The molecule has 1 aliphatic heterocycles. The van der Waals surface area contributed by atoms with E-state index >= 15 is 0 Å². The van der Waals surface area contributed by atoms with E-state index in [1.807, 2.05) is 0 Å². The predicted molar refractivity (Wildman–Crippen MR) is 128 cm³/mol. The number of halogens is 14. The van der Waals surface area contributed by atoms with Gasteiger partial charge in [0.25, 0.3) is 0 Å². The van der Waals surface area contributed by atoms with E-state index in [4.69, 9.17) is 0 Å². The number of carbonyl (C=O) groups excluding carboxylic acids is 1. The Kier molecular flexibility index (Phi) is 8.99. The molecule has 228 valence electrons. The van der Waals surface area contributed by atoms with Gasteiger partial charge in [0.15, 0.2) is 0 Å². The van der Waals surface area contributed by atoms with E-state index in [9.17, 15) is 61.9 Å².